The van der Waals surface area contributed by atoms with E-state index in [1.54, 1.807) is 5.48 Å². The van der Waals surface area contributed by atoms with E-state index < -0.39 is 0 Å². The quantitative estimate of drug-likeness (QED) is 0.223. The number of unbranched alkanes of at least 4 members (excludes halogenated alkanes) is 1. The first-order valence-corrected chi connectivity index (χ1v) is 10.5. The van der Waals surface area contributed by atoms with E-state index in [4.69, 9.17) is 5.21 Å². The van der Waals surface area contributed by atoms with E-state index >= 15 is 0 Å². The first-order chi connectivity index (χ1) is 14.2. The van der Waals surface area contributed by atoms with E-state index in [0.29, 0.717) is 12.8 Å². The molecule has 0 spiro atoms. The second-order valence-corrected chi connectivity index (χ2v) is 7.51. The van der Waals surface area contributed by atoms with Crippen molar-refractivity contribution in [1.82, 2.24) is 15.8 Å². The van der Waals surface area contributed by atoms with E-state index in [9.17, 15) is 4.79 Å². The first-order valence-electron chi connectivity index (χ1n) is 10.5. The van der Waals surface area contributed by atoms with Crippen molar-refractivity contribution in [2.24, 2.45) is 0 Å². The molecule has 2 aromatic carbocycles. The van der Waals surface area contributed by atoms with Crippen LogP contribution in [0.3, 0.4) is 0 Å². The molecular weight excluding hydrogens is 362 g/mol. The fourth-order valence-corrected chi connectivity index (χ4v) is 3.69. The number of nitrogens with one attached hydrogen (secondary N) is 3. The third-order valence-electron chi connectivity index (χ3n) is 5.35. The normalized spacial score (nSPS) is 11.1. The zero-order valence-corrected chi connectivity index (χ0v) is 17.1. The topological polar surface area (TPSA) is 77.2 Å². The smallest absolute Gasteiger partial charge is 0.243 e. The Balaban J connectivity index is 1.52. The highest BCUT2D eigenvalue weighted by atomic mass is 16.5. The molecule has 0 unspecified atom stereocenters. The molecule has 1 amide bonds. The van der Waals surface area contributed by atoms with E-state index in [-0.39, 0.29) is 5.91 Å². The molecule has 3 rings (SSSR count). The van der Waals surface area contributed by atoms with Crippen molar-refractivity contribution in [2.45, 2.75) is 52.0 Å². The summed E-state index contributed by atoms with van der Waals surface area (Å²) in [5.74, 6) is -0.355. The predicted octanol–water partition coefficient (Wildman–Crippen LogP) is 4.28. The summed E-state index contributed by atoms with van der Waals surface area (Å²) >= 11 is 0. The van der Waals surface area contributed by atoms with Crippen LogP contribution in [0.15, 0.2) is 48.5 Å². The number of hydrogen-bond donors (Lipinski definition) is 4. The number of aryl methyl sites for hydroxylation is 2. The molecule has 0 aliphatic carbocycles. The van der Waals surface area contributed by atoms with Gasteiger partial charge in [-0.25, -0.2) is 5.48 Å². The van der Waals surface area contributed by atoms with Crippen LogP contribution >= 0.6 is 0 Å². The minimum Gasteiger partial charge on any atom is -0.358 e. The van der Waals surface area contributed by atoms with Gasteiger partial charge in [0.15, 0.2) is 0 Å². The van der Waals surface area contributed by atoms with Gasteiger partial charge in [-0.1, -0.05) is 55.8 Å². The van der Waals surface area contributed by atoms with Gasteiger partial charge in [0.25, 0.3) is 0 Å². The Morgan fingerprint density at radius 1 is 1.00 bits per heavy atom. The number of amides is 1. The van der Waals surface area contributed by atoms with Crippen molar-refractivity contribution in [3.63, 3.8) is 0 Å². The van der Waals surface area contributed by atoms with Crippen molar-refractivity contribution in [1.29, 1.82) is 0 Å². The number of para-hydroxylation sites is 1. The average molecular weight is 394 g/mol. The number of aromatic nitrogens is 1. The minimum absolute atomic E-state index is 0.291. The van der Waals surface area contributed by atoms with Gasteiger partial charge in [0, 0.05) is 29.6 Å². The maximum absolute atomic E-state index is 11.1. The average Bonchev–Trinajstić information content (AvgIpc) is 3.11. The zero-order chi connectivity index (χ0) is 20.5. The molecule has 0 bridgehead atoms. The molecule has 29 heavy (non-hydrogen) atoms. The fourth-order valence-electron chi connectivity index (χ4n) is 3.69. The van der Waals surface area contributed by atoms with E-state index in [1.165, 1.54) is 40.6 Å². The van der Waals surface area contributed by atoms with Crippen molar-refractivity contribution in [3.8, 4) is 0 Å². The molecule has 4 N–H and O–H groups in total. The van der Waals surface area contributed by atoms with Gasteiger partial charge in [-0.15, -0.1) is 0 Å². The number of hydrogen-bond acceptors (Lipinski definition) is 3. The molecule has 5 heteroatoms. The van der Waals surface area contributed by atoms with Gasteiger partial charge >= 0.3 is 0 Å². The summed E-state index contributed by atoms with van der Waals surface area (Å²) in [5, 5.41) is 13.5. The zero-order valence-electron chi connectivity index (χ0n) is 17.1. The first kappa shape index (κ1) is 21.1. The van der Waals surface area contributed by atoms with Crippen LogP contribution in [0.25, 0.3) is 10.9 Å². The van der Waals surface area contributed by atoms with Gasteiger partial charge in [0.05, 0.1) is 0 Å². The lowest BCUT2D eigenvalue weighted by Gasteiger charge is -2.08. The Labute approximate surface area is 172 Å². The molecule has 0 radical (unpaired) electrons. The molecule has 5 nitrogen and oxygen atoms in total. The van der Waals surface area contributed by atoms with Crippen LogP contribution in [0.4, 0.5) is 0 Å². The lowest BCUT2D eigenvalue weighted by molar-refractivity contribution is -0.129. The molecule has 0 aliphatic heterocycles. The van der Waals surface area contributed by atoms with Crippen LogP contribution in [0.1, 0.15) is 48.6 Å². The van der Waals surface area contributed by atoms with Crippen molar-refractivity contribution >= 4 is 16.8 Å². The Bertz CT molecular complexity index is 916. The summed E-state index contributed by atoms with van der Waals surface area (Å²) in [6.07, 6.45) is 5.45. The van der Waals surface area contributed by atoms with E-state index in [0.717, 1.165) is 31.5 Å². The Kier molecular flexibility index (Phi) is 7.85. The molecule has 154 valence electrons. The van der Waals surface area contributed by atoms with Crippen LogP contribution in [0, 0.1) is 0 Å². The number of aromatic amines is 1. The second kappa shape index (κ2) is 10.8. The van der Waals surface area contributed by atoms with Crippen molar-refractivity contribution in [3.05, 3.63) is 70.9 Å². The van der Waals surface area contributed by atoms with Crippen LogP contribution < -0.4 is 10.8 Å². The molecule has 0 saturated carbocycles. The molecule has 3 aromatic rings. The molecule has 0 saturated heterocycles. The summed E-state index contributed by atoms with van der Waals surface area (Å²) in [4.78, 5) is 14.7. The fraction of sp³-hybridized carbons (Fsp3) is 0.375. The molecule has 1 heterocycles. The second-order valence-electron chi connectivity index (χ2n) is 7.51. The van der Waals surface area contributed by atoms with Crippen molar-refractivity contribution in [2.75, 3.05) is 6.54 Å². The minimum atomic E-state index is -0.355. The summed E-state index contributed by atoms with van der Waals surface area (Å²) in [7, 11) is 0. The monoisotopic (exact) mass is 393 g/mol. The SMILES string of the molecule is CCCCc1[nH]c2ccccc2c1CCNCc1ccc(CCC(=O)NO)cc1. The molecule has 0 fully saturated rings. The van der Waals surface area contributed by atoms with Crippen LogP contribution in [0.2, 0.25) is 0 Å². The Morgan fingerprint density at radius 3 is 2.52 bits per heavy atom. The number of H-pyrrole nitrogens is 1. The number of hydroxylamine groups is 1. The summed E-state index contributed by atoms with van der Waals surface area (Å²) in [5.41, 5.74) is 8.05. The van der Waals surface area contributed by atoms with E-state index in [2.05, 4.69) is 53.6 Å². The molecule has 1 aromatic heterocycles. The van der Waals surface area contributed by atoms with Gasteiger partial charge < -0.3 is 10.3 Å². The Hall–Kier alpha value is -2.63. The van der Waals surface area contributed by atoms with Crippen LogP contribution in [0.5, 0.6) is 0 Å². The third-order valence-corrected chi connectivity index (χ3v) is 5.35. The summed E-state index contributed by atoms with van der Waals surface area (Å²) < 4.78 is 0. The van der Waals surface area contributed by atoms with Crippen LogP contribution in [-0.4, -0.2) is 22.6 Å². The third kappa shape index (κ3) is 5.92. The van der Waals surface area contributed by atoms with Gasteiger partial charge in [0.2, 0.25) is 5.91 Å². The lowest BCUT2D eigenvalue weighted by Crippen LogP contribution is -2.18. The molecular formula is C24H31N3O2. The van der Waals surface area contributed by atoms with Crippen LogP contribution in [-0.2, 0) is 30.6 Å². The summed E-state index contributed by atoms with van der Waals surface area (Å²) in [6.45, 7) is 3.99. The van der Waals surface area contributed by atoms with E-state index in [1.807, 2.05) is 12.1 Å². The summed E-state index contributed by atoms with van der Waals surface area (Å²) in [6, 6.07) is 16.9. The molecule has 0 aliphatic rings. The van der Waals surface area contributed by atoms with Gasteiger partial charge in [-0.05, 0) is 55.0 Å². The number of benzene rings is 2. The molecule has 0 atom stereocenters. The highest BCUT2D eigenvalue weighted by Gasteiger charge is 2.10. The maximum Gasteiger partial charge on any atom is 0.243 e. The standard InChI is InChI=1S/C24H31N3O2/c1-2-3-7-22-21(20-6-4-5-8-23(20)26-22)15-16-25-17-19-11-9-18(10-12-19)13-14-24(28)27-29/h4-6,8-12,25-26,29H,2-3,7,13-17H2,1H3,(H,27,28). The Morgan fingerprint density at radius 2 is 1.76 bits per heavy atom. The number of carbonyl (C=O) groups is 1. The lowest BCUT2D eigenvalue weighted by atomic mass is 10.0. The maximum atomic E-state index is 11.1. The highest BCUT2D eigenvalue weighted by molar-refractivity contribution is 5.84. The number of rotatable bonds is 11. The predicted molar refractivity (Wildman–Crippen MR) is 117 cm³/mol. The number of carbonyl (C=O) groups excluding carboxylic acids is 1. The van der Waals surface area contributed by atoms with Gasteiger partial charge in [0.1, 0.15) is 0 Å². The highest BCUT2D eigenvalue weighted by Crippen LogP contribution is 2.24. The van der Waals surface area contributed by atoms with Crippen molar-refractivity contribution < 1.29 is 10.0 Å². The largest absolute Gasteiger partial charge is 0.358 e. The van der Waals surface area contributed by atoms with Gasteiger partial charge in [-0.2, -0.15) is 0 Å². The van der Waals surface area contributed by atoms with Gasteiger partial charge in [-0.3, -0.25) is 10.0 Å². The number of fused-ring (bicyclic) bond motifs is 1.